The summed E-state index contributed by atoms with van der Waals surface area (Å²) in [5, 5.41) is 14.1. The Labute approximate surface area is 148 Å². The molecular formula is C17H20N4OS2. The number of anilines is 1. The van der Waals surface area contributed by atoms with Crippen molar-refractivity contribution in [3.63, 3.8) is 0 Å². The number of hydrogen-bond donors (Lipinski definition) is 2. The lowest BCUT2D eigenvalue weighted by molar-refractivity contribution is -0.0433. The number of aromatic nitrogens is 2. The van der Waals surface area contributed by atoms with Crippen LogP contribution < -0.4 is 11.1 Å². The van der Waals surface area contributed by atoms with Gasteiger partial charge in [-0.05, 0) is 30.4 Å². The molecule has 5 nitrogen and oxygen atoms in total. The highest BCUT2D eigenvalue weighted by Gasteiger charge is 2.27. The topological polar surface area (TPSA) is 73.1 Å². The van der Waals surface area contributed by atoms with E-state index in [0.29, 0.717) is 5.92 Å². The van der Waals surface area contributed by atoms with Crippen LogP contribution in [0, 0.1) is 12.8 Å². The predicted octanol–water partition coefficient (Wildman–Crippen LogP) is 3.19. The van der Waals surface area contributed by atoms with Crippen molar-refractivity contribution >= 4 is 38.6 Å². The van der Waals surface area contributed by atoms with Crippen molar-refractivity contribution in [1.29, 1.82) is 0 Å². The van der Waals surface area contributed by atoms with Gasteiger partial charge in [0.15, 0.2) is 0 Å². The van der Waals surface area contributed by atoms with Gasteiger partial charge in [-0.1, -0.05) is 6.07 Å². The van der Waals surface area contributed by atoms with E-state index in [0.717, 1.165) is 37.4 Å². The fourth-order valence-electron chi connectivity index (χ4n) is 2.85. The Kier molecular flexibility index (Phi) is 4.49. The second-order valence-electron chi connectivity index (χ2n) is 6.18. The molecule has 1 atom stereocenters. The maximum Gasteiger partial charge on any atom is 0.109 e. The molecule has 126 valence electrons. The summed E-state index contributed by atoms with van der Waals surface area (Å²) in [7, 11) is 0. The largest absolute Gasteiger partial charge is 0.381 e. The van der Waals surface area contributed by atoms with Crippen molar-refractivity contribution in [3.8, 4) is 0 Å². The van der Waals surface area contributed by atoms with Crippen LogP contribution in [0.5, 0.6) is 0 Å². The van der Waals surface area contributed by atoms with Gasteiger partial charge in [-0.15, -0.1) is 27.8 Å². The van der Waals surface area contributed by atoms with Crippen LogP contribution in [-0.4, -0.2) is 29.5 Å². The van der Waals surface area contributed by atoms with E-state index in [9.17, 15) is 0 Å². The monoisotopic (exact) mass is 360 g/mol. The van der Waals surface area contributed by atoms with Crippen LogP contribution in [-0.2, 0) is 17.7 Å². The van der Waals surface area contributed by atoms with Gasteiger partial charge in [-0.2, -0.15) is 5.10 Å². The summed E-state index contributed by atoms with van der Waals surface area (Å²) in [4.78, 5) is 2.62. The summed E-state index contributed by atoms with van der Waals surface area (Å²) < 4.78 is 6.43. The first-order chi connectivity index (χ1) is 11.7. The number of ether oxygens (including phenoxy) is 1. The van der Waals surface area contributed by atoms with Crippen molar-refractivity contribution in [2.45, 2.75) is 25.9 Å². The molecule has 0 bridgehead atoms. The lowest BCUT2D eigenvalue weighted by Gasteiger charge is -2.31. The van der Waals surface area contributed by atoms with E-state index >= 15 is 0 Å². The van der Waals surface area contributed by atoms with Crippen molar-refractivity contribution in [3.05, 3.63) is 39.0 Å². The van der Waals surface area contributed by atoms with E-state index in [1.54, 1.807) is 22.7 Å². The van der Waals surface area contributed by atoms with Crippen LogP contribution in [0.4, 0.5) is 5.69 Å². The van der Waals surface area contributed by atoms with Gasteiger partial charge < -0.3 is 15.8 Å². The third-order valence-electron chi connectivity index (χ3n) is 4.53. The fourth-order valence-corrected chi connectivity index (χ4v) is 4.80. The number of nitrogens with zero attached hydrogens (tertiary/aromatic N) is 2. The summed E-state index contributed by atoms with van der Waals surface area (Å²) in [6.45, 7) is 4.51. The molecule has 0 amide bonds. The maximum absolute atomic E-state index is 6.34. The molecule has 0 aromatic carbocycles. The van der Waals surface area contributed by atoms with E-state index in [1.165, 1.54) is 20.0 Å². The number of thiophene rings is 2. The molecule has 3 N–H and O–H groups in total. The number of aryl methyl sites for hydroxylation is 1. The standard InChI is InChI=1S/C17H20N4OS2/c1-10-15(5-13(18)11-8-22-9-11)24-17-14(7-20-21-16(10)17)19-6-12-3-2-4-23-12/h2-4,7,11,13H,5-6,8-9,18H2,1H3,(H,19,21). The molecule has 3 aromatic rings. The van der Waals surface area contributed by atoms with Gasteiger partial charge in [0.25, 0.3) is 0 Å². The van der Waals surface area contributed by atoms with Crippen LogP contribution >= 0.6 is 22.7 Å². The van der Waals surface area contributed by atoms with Gasteiger partial charge in [0.1, 0.15) is 5.52 Å². The van der Waals surface area contributed by atoms with E-state index in [4.69, 9.17) is 10.5 Å². The van der Waals surface area contributed by atoms with Crippen LogP contribution in [0.15, 0.2) is 23.7 Å². The molecule has 0 spiro atoms. The second-order valence-corrected chi connectivity index (χ2v) is 8.32. The van der Waals surface area contributed by atoms with Gasteiger partial charge in [-0.3, -0.25) is 0 Å². The molecule has 0 saturated carbocycles. The highest BCUT2D eigenvalue weighted by Crippen LogP contribution is 2.35. The molecule has 0 aliphatic carbocycles. The number of fused-ring (bicyclic) bond motifs is 1. The van der Waals surface area contributed by atoms with Crippen molar-refractivity contribution in [2.75, 3.05) is 18.5 Å². The molecule has 1 aliphatic rings. The molecule has 1 unspecified atom stereocenters. The van der Waals surface area contributed by atoms with Crippen LogP contribution in [0.25, 0.3) is 10.2 Å². The molecule has 7 heteroatoms. The normalized spacial score (nSPS) is 16.2. The van der Waals surface area contributed by atoms with E-state index in [2.05, 4.69) is 40.0 Å². The van der Waals surface area contributed by atoms with E-state index in [1.807, 2.05) is 6.20 Å². The Balaban J connectivity index is 1.58. The quantitative estimate of drug-likeness (QED) is 0.706. The van der Waals surface area contributed by atoms with Crippen molar-refractivity contribution in [2.24, 2.45) is 11.7 Å². The second kappa shape index (κ2) is 6.76. The Morgan fingerprint density at radius 1 is 1.46 bits per heavy atom. The van der Waals surface area contributed by atoms with Crippen LogP contribution in [0.2, 0.25) is 0 Å². The third-order valence-corrected chi connectivity index (χ3v) is 6.74. The van der Waals surface area contributed by atoms with E-state index < -0.39 is 0 Å². The van der Waals surface area contributed by atoms with Gasteiger partial charge in [0.05, 0.1) is 29.8 Å². The van der Waals surface area contributed by atoms with E-state index in [-0.39, 0.29) is 6.04 Å². The van der Waals surface area contributed by atoms with Crippen molar-refractivity contribution < 1.29 is 4.74 Å². The van der Waals surface area contributed by atoms with Gasteiger partial charge >= 0.3 is 0 Å². The highest BCUT2D eigenvalue weighted by atomic mass is 32.1. The molecule has 3 aromatic heterocycles. The third kappa shape index (κ3) is 3.04. The number of nitrogens with one attached hydrogen (secondary N) is 1. The van der Waals surface area contributed by atoms with Gasteiger partial charge in [0, 0.05) is 28.3 Å². The minimum absolute atomic E-state index is 0.154. The molecule has 24 heavy (non-hydrogen) atoms. The number of nitrogens with two attached hydrogens (primary N) is 1. The minimum atomic E-state index is 0.154. The first-order valence-corrected chi connectivity index (χ1v) is 9.75. The molecule has 1 fully saturated rings. The fraction of sp³-hybridized carbons (Fsp3) is 0.412. The Morgan fingerprint density at radius 2 is 2.33 bits per heavy atom. The summed E-state index contributed by atoms with van der Waals surface area (Å²) in [6, 6.07) is 4.36. The Bertz CT molecular complexity index is 827. The summed E-state index contributed by atoms with van der Waals surface area (Å²) in [6.07, 6.45) is 2.70. The van der Waals surface area contributed by atoms with Gasteiger partial charge in [0.2, 0.25) is 0 Å². The van der Waals surface area contributed by atoms with Gasteiger partial charge in [-0.25, -0.2) is 0 Å². The molecule has 4 heterocycles. The van der Waals surface area contributed by atoms with Crippen molar-refractivity contribution in [1.82, 2.24) is 10.2 Å². The number of hydrogen-bond acceptors (Lipinski definition) is 7. The summed E-state index contributed by atoms with van der Waals surface area (Å²) in [5.74, 6) is 0.483. The summed E-state index contributed by atoms with van der Waals surface area (Å²) in [5.41, 5.74) is 9.58. The van der Waals surface area contributed by atoms with Crippen LogP contribution in [0.3, 0.4) is 0 Å². The summed E-state index contributed by atoms with van der Waals surface area (Å²) >= 11 is 3.54. The zero-order valence-corrected chi connectivity index (χ0v) is 15.1. The first-order valence-electron chi connectivity index (χ1n) is 8.05. The molecule has 1 saturated heterocycles. The molecule has 4 rings (SSSR count). The smallest absolute Gasteiger partial charge is 0.109 e. The molecule has 1 aliphatic heterocycles. The molecular weight excluding hydrogens is 340 g/mol. The zero-order valence-electron chi connectivity index (χ0n) is 13.5. The minimum Gasteiger partial charge on any atom is -0.381 e. The average molecular weight is 361 g/mol. The SMILES string of the molecule is Cc1c(CC(N)C2COC2)sc2c(NCc3cccs3)cnnc12. The Hall–Kier alpha value is -1.54. The average Bonchev–Trinajstić information content (AvgIpc) is 3.13. The predicted molar refractivity (Wildman–Crippen MR) is 99.8 cm³/mol. The first kappa shape index (κ1) is 16.0. The molecule has 0 radical (unpaired) electrons. The lowest BCUT2D eigenvalue weighted by atomic mass is 9.95. The zero-order chi connectivity index (χ0) is 16.5. The Morgan fingerprint density at radius 3 is 3.04 bits per heavy atom. The lowest BCUT2D eigenvalue weighted by Crippen LogP contribution is -2.44. The highest BCUT2D eigenvalue weighted by molar-refractivity contribution is 7.19. The van der Waals surface area contributed by atoms with Crippen LogP contribution in [0.1, 0.15) is 15.3 Å². The number of rotatable bonds is 6. The maximum atomic E-state index is 6.34.